The third kappa shape index (κ3) is 3.74. The number of nitrogens with zero attached hydrogens (tertiary/aromatic N) is 2. The lowest BCUT2D eigenvalue weighted by molar-refractivity contribution is 0.0997. The Hall–Kier alpha value is -2.45. The van der Waals surface area contributed by atoms with Gasteiger partial charge in [-0.3, -0.25) is 4.79 Å². The quantitative estimate of drug-likeness (QED) is 0.634. The number of hydrogen-bond donors (Lipinski definition) is 0. The Bertz CT molecular complexity index is 1200. The van der Waals surface area contributed by atoms with Crippen LogP contribution in [0.5, 0.6) is 5.75 Å². The van der Waals surface area contributed by atoms with Gasteiger partial charge in [-0.15, -0.1) is 0 Å². The number of rotatable bonds is 5. The molecule has 0 aliphatic heterocycles. The van der Waals surface area contributed by atoms with Crippen LogP contribution in [-0.2, 0) is 16.4 Å². The van der Waals surface area contributed by atoms with Crippen molar-refractivity contribution in [2.75, 3.05) is 7.11 Å². The Morgan fingerprint density at radius 2 is 1.96 bits per heavy atom. The highest BCUT2D eigenvalue weighted by Crippen LogP contribution is 2.23. The Morgan fingerprint density at radius 1 is 1.21 bits per heavy atom. The number of methoxy groups -OCH3 is 1. The minimum Gasteiger partial charge on any atom is -0.497 e. The number of aryl methyl sites for hydroxylation is 1. The summed E-state index contributed by atoms with van der Waals surface area (Å²) in [5.41, 5.74) is 1.22. The van der Waals surface area contributed by atoms with E-state index in [4.69, 9.17) is 4.74 Å². The average molecular weight is 419 g/mol. The van der Waals surface area contributed by atoms with E-state index in [1.54, 1.807) is 33.1 Å². The van der Waals surface area contributed by atoms with Gasteiger partial charge >= 0.3 is 0 Å². The zero-order chi connectivity index (χ0) is 20.5. The second-order valence-electron chi connectivity index (χ2n) is 6.50. The smallest absolute Gasteiger partial charge is 0.279 e. The fourth-order valence-corrected chi connectivity index (χ4v) is 5.03. The summed E-state index contributed by atoms with van der Waals surface area (Å²) >= 11 is 1.39. The molecule has 0 aliphatic rings. The van der Waals surface area contributed by atoms with Gasteiger partial charge in [0, 0.05) is 12.1 Å². The second-order valence-corrected chi connectivity index (χ2v) is 10.0. The van der Waals surface area contributed by atoms with E-state index < -0.39 is 21.0 Å². The Kier molecular flexibility index (Phi) is 5.71. The summed E-state index contributed by atoms with van der Waals surface area (Å²) < 4.78 is 33.0. The highest BCUT2D eigenvalue weighted by molar-refractivity contribution is 7.92. The molecule has 8 heteroatoms. The first-order valence-corrected chi connectivity index (χ1v) is 11.2. The van der Waals surface area contributed by atoms with E-state index in [-0.39, 0.29) is 10.5 Å². The molecular formula is C20H22N2O4S2. The maximum atomic E-state index is 12.7. The molecule has 0 fully saturated rings. The molecule has 1 aromatic heterocycles. The van der Waals surface area contributed by atoms with Crippen LogP contribution in [0.2, 0.25) is 0 Å². The molecule has 148 valence electrons. The number of carbonyl (C=O) groups excluding carboxylic acids is 1. The minimum atomic E-state index is -3.46. The maximum Gasteiger partial charge on any atom is 0.279 e. The number of sulfone groups is 1. The van der Waals surface area contributed by atoms with Crippen molar-refractivity contribution in [3.8, 4) is 5.75 Å². The fraction of sp³-hybridized carbons (Fsp3) is 0.300. The average Bonchev–Trinajstić information content (AvgIpc) is 3.03. The summed E-state index contributed by atoms with van der Waals surface area (Å²) in [4.78, 5) is 17.7. The monoisotopic (exact) mass is 418 g/mol. The van der Waals surface area contributed by atoms with E-state index in [0.29, 0.717) is 11.3 Å². The molecule has 1 amide bonds. The van der Waals surface area contributed by atoms with E-state index in [2.05, 4.69) is 4.99 Å². The molecule has 0 bridgehead atoms. The van der Waals surface area contributed by atoms with Gasteiger partial charge in [0.25, 0.3) is 5.91 Å². The minimum absolute atomic E-state index is 0.132. The molecule has 0 aliphatic carbocycles. The summed E-state index contributed by atoms with van der Waals surface area (Å²) in [7, 11) is -1.85. The van der Waals surface area contributed by atoms with Crippen LogP contribution in [-0.4, -0.2) is 31.3 Å². The number of fused-ring (bicyclic) bond motifs is 1. The Morgan fingerprint density at radius 3 is 2.61 bits per heavy atom. The first kappa shape index (κ1) is 20.3. The molecule has 0 atom stereocenters. The third-order valence-electron chi connectivity index (χ3n) is 4.43. The Balaban J connectivity index is 2.08. The molecule has 28 heavy (non-hydrogen) atoms. The number of hydrogen-bond acceptors (Lipinski definition) is 5. The number of aromatic nitrogens is 1. The van der Waals surface area contributed by atoms with Crippen LogP contribution < -0.4 is 9.54 Å². The van der Waals surface area contributed by atoms with E-state index in [0.717, 1.165) is 16.0 Å². The molecule has 3 aromatic rings. The van der Waals surface area contributed by atoms with Gasteiger partial charge < -0.3 is 9.30 Å². The molecule has 1 heterocycles. The molecular weight excluding hydrogens is 396 g/mol. The van der Waals surface area contributed by atoms with Crippen LogP contribution in [0, 0.1) is 0 Å². The maximum absolute atomic E-state index is 12.7. The highest BCUT2D eigenvalue weighted by atomic mass is 32.2. The Labute approximate surface area is 168 Å². The van der Waals surface area contributed by atoms with Gasteiger partial charge in [-0.05, 0) is 57.2 Å². The van der Waals surface area contributed by atoms with Crippen LogP contribution in [0.15, 0.2) is 52.4 Å². The molecule has 0 radical (unpaired) electrons. The normalized spacial score (nSPS) is 12.7. The summed E-state index contributed by atoms with van der Waals surface area (Å²) in [6.45, 7) is 5.86. The summed E-state index contributed by atoms with van der Waals surface area (Å²) in [6, 6.07) is 11.8. The number of amides is 1. The SMILES string of the molecule is CCn1c(=NC(=O)c2cccc(S(=O)(=O)C(C)C)c2)sc2cc(OC)ccc21. The number of thiazole rings is 1. The molecule has 0 saturated heterocycles. The number of carbonyl (C=O) groups is 1. The van der Waals surface area contributed by atoms with Crippen molar-refractivity contribution in [2.24, 2.45) is 4.99 Å². The standard InChI is InChI=1S/C20H22N2O4S2/c1-5-22-17-10-9-15(26-4)12-18(17)27-20(22)21-19(23)14-7-6-8-16(11-14)28(24,25)13(2)3/h6-13H,5H2,1-4H3. The first-order valence-electron chi connectivity index (χ1n) is 8.88. The van der Waals surface area contributed by atoms with Crippen molar-refractivity contribution in [2.45, 2.75) is 37.5 Å². The lowest BCUT2D eigenvalue weighted by atomic mass is 10.2. The van der Waals surface area contributed by atoms with Gasteiger partial charge in [0.15, 0.2) is 14.6 Å². The van der Waals surface area contributed by atoms with E-state index >= 15 is 0 Å². The van der Waals surface area contributed by atoms with Crippen molar-refractivity contribution in [3.63, 3.8) is 0 Å². The van der Waals surface area contributed by atoms with Gasteiger partial charge in [0.1, 0.15) is 5.75 Å². The predicted octanol–water partition coefficient (Wildman–Crippen LogP) is 3.65. The van der Waals surface area contributed by atoms with E-state index in [1.165, 1.54) is 23.5 Å². The zero-order valence-electron chi connectivity index (χ0n) is 16.2. The second kappa shape index (κ2) is 7.89. The van der Waals surface area contributed by atoms with Gasteiger partial charge in [0.2, 0.25) is 0 Å². The fourth-order valence-electron chi connectivity index (χ4n) is 2.80. The number of benzene rings is 2. The van der Waals surface area contributed by atoms with E-state index in [1.807, 2.05) is 29.7 Å². The van der Waals surface area contributed by atoms with Crippen molar-refractivity contribution in [3.05, 3.63) is 52.8 Å². The lowest BCUT2D eigenvalue weighted by Gasteiger charge is -2.08. The van der Waals surface area contributed by atoms with Gasteiger partial charge in [-0.1, -0.05) is 17.4 Å². The molecule has 0 saturated carbocycles. The van der Waals surface area contributed by atoms with Crippen LogP contribution in [0.25, 0.3) is 10.2 Å². The number of ether oxygens (including phenoxy) is 1. The molecule has 2 aromatic carbocycles. The molecule has 6 nitrogen and oxygen atoms in total. The predicted molar refractivity (Wildman–Crippen MR) is 111 cm³/mol. The molecule has 0 unspecified atom stereocenters. The van der Waals surface area contributed by atoms with Crippen LogP contribution >= 0.6 is 11.3 Å². The molecule has 3 rings (SSSR count). The van der Waals surface area contributed by atoms with Crippen LogP contribution in [0.3, 0.4) is 0 Å². The van der Waals surface area contributed by atoms with Gasteiger partial charge in [-0.25, -0.2) is 8.42 Å². The van der Waals surface area contributed by atoms with Gasteiger partial charge in [0.05, 0.1) is 27.5 Å². The summed E-state index contributed by atoms with van der Waals surface area (Å²) in [5, 5.41) is -0.561. The van der Waals surface area contributed by atoms with Crippen LogP contribution in [0.1, 0.15) is 31.1 Å². The largest absolute Gasteiger partial charge is 0.497 e. The third-order valence-corrected chi connectivity index (χ3v) is 7.63. The van der Waals surface area contributed by atoms with Crippen molar-refractivity contribution < 1.29 is 17.9 Å². The summed E-state index contributed by atoms with van der Waals surface area (Å²) in [5.74, 6) is 0.267. The topological polar surface area (TPSA) is 77.7 Å². The van der Waals surface area contributed by atoms with Crippen molar-refractivity contribution in [1.29, 1.82) is 0 Å². The zero-order valence-corrected chi connectivity index (χ0v) is 17.8. The van der Waals surface area contributed by atoms with Gasteiger partial charge in [-0.2, -0.15) is 4.99 Å². The summed E-state index contributed by atoms with van der Waals surface area (Å²) in [6.07, 6.45) is 0. The highest BCUT2D eigenvalue weighted by Gasteiger charge is 2.20. The molecule has 0 spiro atoms. The first-order chi connectivity index (χ1) is 13.3. The lowest BCUT2D eigenvalue weighted by Crippen LogP contribution is -2.17. The van der Waals surface area contributed by atoms with E-state index in [9.17, 15) is 13.2 Å². The molecule has 0 N–H and O–H groups in total. The van der Waals surface area contributed by atoms with Crippen molar-refractivity contribution in [1.82, 2.24) is 4.57 Å². The van der Waals surface area contributed by atoms with Crippen molar-refractivity contribution >= 4 is 37.3 Å². The van der Waals surface area contributed by atoms with Crippen LogP contribution in [0.4, 0.5) is 0 Å².